The lowest BCUT2D eigenvalue weighted by atomic mass is 9.92. The maximum absolute atomic E-state index is 6.61. The van der Waals surface area contributed by atoms with Crippen molar-refractivity contribution in [1.82, 2.24) is 4.98 Å². The molecule has 145 valence electrons. The second-order valence-corrected chi connectivity index (χ2v) is 17.4. The Morgan fingerprint density at radius 1 is 0.885 bits per heavy atom. The second-order valence-electron chi connectivity index (χ2n) is 10.2. The van der Waals surface area contributed by atoms with Crippen LogP contribution in [-0.4, -0.2) is 27.9 Å². The number of rotatable bonds is 5. The monoisotopic (exact) mass is 390 g/mol. The molecule has 1 saturated carbocycles. The van der Waals surface area contributed by atoms with E-state index in [-0.39, 0.29) is 11.1 Å². The van der Waals surface area contributed by atoms with Crippen molar-refractivity contribution in [3.8, 4) is 0 Å². The van der Waals surface area contributed by atoms with E-state index in [0.717, 1.165) is 6.10 Å². The van der Waals surface area contributed by atoms with E-state index in [2.05, 4.69) is 103 Å². The molecular formula is C21H36NO2Si2. The van der Waals surface area contributed by atoms with Gasteiger partial charge in [-0.3, -0.25) is 0 Å². The van der Waals surface area contributed by atoms with Gasteiger partial charge in [-0.05, 0) is 54.6 Å². The smallest absolute Gasteiger partial charge is 0.332 e. The van der Waals surface area contributed by atoms with Gasteiger partial charge in [0.2, 0.25) is 0 Å². The van der Waals surface area contributed by atoms with Crippen LogP contribution in [0.1, 0.15) is 41.5 Å². The van der Waals surface area contributed by atoms with Crippen LogP contribution in [0.4, 0.5) is 0 Å². The topological polar surface area (TPSA) is 30.5 Å². The molecule has 2 aliphatic rings. The zero-order valence-electron chi connectivity index (χ0n) is 18.2. The molecule has 0 amide bonds. The summed E-state index contributed by atoms with van der Waals surface area (Å²) in [6.45, 7) is 22.0. The normalized spacial score (nSPS) is 21.6. The van der Waals surface area contributed by atoms with Gasteiger partial charge in [0.25, 0.3) is 0 Å². The third kappa shape index (κ3) is 5.89. The third-order valence-electron chi connectivity index (χ3n) is 3.98. The molecule has 0 bridgehead atoms. The first-order valence-corrected chi connectivity index (χ1v) is 15.3. The summed E-state index contributed by atoms with van der Waals surface area (Å²) in [6.07, 6.45) is 11.8. The third-order valence-corrected chi connectivity index (χ3v) is 8.94. The highest BCUT2D eigenvalue weighted by Gasteiger charge is 2.55. The number of hydrogen-bond acceptors (Lipinski definition) is 3. The standard InChI is InChI=1S/C21H36NO2Si2/c1-20(2,3)22-25(7,8)19-17-14-12-11-13-16(17)15-18(19)23-26(9,10)24-21(4,5)6/h11-15,22H,1-10H3. The quantitative estimate of drug-likeness (QED) is 0.650. The van der Waals surface area contributed by atoms with Gasteiger partial charge in [0, 0.05) is 29.3 Å². The molecule has 0 aromatic carbocycles. The van der Waals surface area contributed by atoms with Gasteiger partial charge in [-0.2, -0.15) is 0 Å². The first-order valence-electron chi connectivity index (χ1n) is 9.47. The molecule has 2 rings (SSSR count). The molecule has 3 nitrogen and oxygen atoms in total. The van der Waals surface area contributed by atoms with E-state index >= 15 is 0 Å². The maximum Gasteiger partial charge on any atom is 0.332 e. The van der Waals surface area contributed by atoms with E-state index < -0.39 is 16.8 Å². The van der Waals surface area contributed by atoms with E-state index in [1.807, 2.05) is 0 Å². The molecule has 5 radical (unpaired) electrons. The van der Waals surface area contributed by atoms with Crippen molar-refractivity contribution in [2.75, 3.05) is 0 Å². The fourth-order valence-electron chi connectivity index (χ4n) is 3.94. The molecule has 26 heavy (non-hydrogen) atoms. The number of fused-ring (bicyclic) bond motifs is 1. The van der Waals surface area contributed by atoms with E-state index in [4.69, 9.17) is 8.85 Å². The summed E-state index contributed by atoms with van der Waals surface area (Å²) in [5.41, 5.74) is 1.19. The Balaban J connectivity index is 2.28. The number of nitrogens with one attached hydrogen (secondary N) is 1. The average molecular weight is 391 g/mol. The molecule has 0 aromatic rings. The Hall–Kier alpha value is -0.206. The van der Waals surface area contributed by atoms with Crippen molar-refractivity contribution in [1.29, 1.82) is 0 Å². The van der Waals surface area contributed by atoms with Crippen LogP contribution in [0.3, 0.4) is 0 Å². The van der Waals surface area contributed by atoms with Crippen LogP contribution < -0.4 is 4.98 Å². The summed E-state index contributed by atoms with van der Waals surface area (Å²) >= 11 is 0. The molecule has 0 aromatic heterocycles. The summed E-state index contributed by atoms with van der Waals surface area (Å²) in [5.74, 6) is 2.55. The molecule has 0 spiro atoms. The van der Waals surface area contributed by atoms with Gasteiger partial charge in [0.15, 0.2) is 0 Å². The van der Waals surface area contributed by atoms with Crippen LogP contribution in [0.25, 0.3) is 0 Å². The largest absolute Gasteiger partial charge is 0.390 e. The molecule has 0 aliphatic heterocycles. The molecule has 1 fully saturated rings. The molecule has 2 aliphatic carbocycles. The van der Waals surface area contributed by atoms with Gasteiger partial charge in [-0.1, -0.05) is 37.4 Å². The molecule has 0 saturated heterocycles. The van der Waals surface area contributed by atoms with Gasteiger partial charge >= 0.3 is 8.56 Å². The van der Waals surface area contributed by atoms with Gasteiger partial charge in [0.05, 0.1) is 11.7 Å². The first kappa shape index (κ1) is 22.1. The van der Waals surface area contributed by atoms with Crippen molar-refractivity contribution in [3.63, 3.8) is 0 Å². The average Bonchev–Trinajstić information content (AvgIpc) is 2.69. The van der Waals surface area contributed by atoms with E-state index in [9.17, 15) is 0 Å². The lowest BCUT2D eigenvalue weighted by Crippen LogP contribution is -2.60. The van der Waals surface area contributed by atoms with Crippen molar-refractivity contribution >= 4 is 16.8 Å². The summed E-state index contributed by atoms with van der Waals surface area (Å²) in [5, 5.41) is 0. The minimum absolute atomic E-state index is 0.0558. The molecule has 0 unspecified atom stereocenters. The molecular weight excluding hydrogens is 354 g/mol. The summed E-state index contributed by atoms with van der Waals surface area (Å²) in [6, 6.07) is 0. The van der Waals surface area contributed by atoms with Crippen molar-refractivity contribution in [2.24, 2.45) is 0 Å². The van der Waals surface area contributed by atoms with E-state index in [1.54, 1.807) is 0 Å². The van der Waals surface area contributed by atoms with Crippen molar-refractivity contribution < 1.29 is 8.85 Å². The van der Waals surface area contributed by atoms with Gasteiger partial charge in [0.1, 0.15) is 8.24 Å². The fourth-order valence-corrected chi connectivity index (χ4v) is 9.89. The SMILES string of the molecule is CC(C)(C)N[Si](C)(C)[C]1[C](O[Si](C)(C)OC(C)(C)C)[CH][C]2C=CC=C[C]21. The highest BCUT2D eigenvalue weighted by Crippen LogP contribution is 2.54. The number of hydrogen-bond donors (Lipinski definition) is 1. The predicted octanol–water partition coefficient (Wildman–Crippen LogP) is 5.25. The molecule has 1 N–H and O–H groups in total. The molecule has 5 heteroatoms. The van der Waals surface area contributed by atoms with Crippen LogP contribution in [0.5, 0.6) is 0 Å². The van der Waals surface area contributed by atoms with Crippen LogP contribution in [0.2, 0.25) is 26.2 Å². The van der Waals surface area contributed by atoms with Crippen LogP contribution in [0.15, 0.2) is 24.3 Å². The van der Waals surface area contributed by atoms with E-state index in [1.165, 1.54) is 17.4 Å². The summed E-state index contributed by atoms with van der Waals surface area (Å²) < 4.78 is 12.9. The Labute approximate surface area is 164 Å². The zero-order chi connectivity index (χ0) is 20.0. The Morgan fingerprint density at radius 2 is 1.46 bits per heavy atom. The van der Waals surface area contributed by atoms with Crippen molar-refractivity contribution in [2.45, 2.75) is 78.9 Å². The lowest BCUT2D eigenvalue weighted by Gasteiger charge is -2.43. The maximum atomic E-state index is 6.61. The highest BCUT2D eigenvalue weighted by molar-refractivity contribution is 6.82. The predicted molar refractivity (Wildman–Crippen MR) is 115 cm³/mol. The second kappa shape index (κ2) is 7.32. The minimum Gasteiger partial charge on any atom is -0.390 e. The lowest BCUT2D eigenvalue weighted by molar-refractivity contribution is 0.0762. The van der Waals surface area contributed by atoms with Crippen LogP contribution >= 0.6 is 0 Å². The van der Waals surface area contributed by atoms with Gasteiger partial charge in [-0.25, -0.2) is 0 Å². The molecule has 0 atom stereocenters. The van der Waals surface area contributed by atoms with Gasteiger partial charge < -0.3 is 13.8 Å². The van der Waals surface area contributed by atoms with Gasteiger partial charge in [-0.15, -0.1) is 0 Å². The Bertz CT molecular complexity index is 555. The zero-order valence-corrected chi connectivity index (χ0v) is 20.2. The van der Waals surface area contributed by atoms with Crippen LogP contribution in [0, 0.1) is 29.9 Å². The number of allylic oxidation sites excluding steroid dienone is 4. The fraction of sp³-hybridized carbons (Fsp3) is 0.571. The first-order chi connectivity index (χ1) is 11.6. The molecule has 0 heterocycles. The van der Waals surface area contributed by atoms with Crippen molar-refractivity contribution in [3.05, 3.63) is 54.2 Å². The highest BCUT2D eigenvalue weighted by atomic mass is 28.4. The Morgan fingerprint density at radius 3 is 2.00 bits per heavy atom. The van der Waals surface area contributed by atoms with E-state index in [0.29, 0.717) is 0 Å². The Kier molecular flexibility index (Phi) is 6.22. The summed E-state index contributed by atoms with van der Waals surface area (Å²) in [7, 11) is -4.26. The summed E-state index contributed by atoms with van der Waals surface area (Å²) in [4.78, 5) is 3.90. The minimum atomic E-state index is -2.32. The van der Waals surface area contributed by atoms with Crippen LogP contribution in [-0.2, 0) is 8.85 Å².